The van der Waals surface area contributed by atoms with Crippen LogP contribution in [0.25, 0.3) is 11.4 Å². The van der Waals surface area contributed by atoms with Crippen LogP contribution in [0.5, 0.6) is 0 Å². The van der Waals surface area contributed by atoms with E-state index in [4.69, 9.17) is 20.9 Å². The lowest BCUT2D eigenvalue weighted by molar-refractivity contribution is 0.00701. The Hall–Kier alpha value is -2.81. The Balaban J connectivity index is 1.40. The maximum Gasteiger partial charge on any atom is 0.410 e. The number of carbonyl (C=O) groups excluding carboxylic acids is 1. The summed E-state index contributed by atoms with van der Waals surface area (Å²) in [5.74, 6) is 1.68. The van der Waals surface area contributed by atoms with Crippen molar-refractivity contribution in [2.24, 2.45) is 4.99 Å². The molecule has 1 aromatic heterocycles. The number of guanidine groups is 1. The predicted molar refractivity (Wildman–Crippen MR) is 115 cm³/mol. The average Bonchev–Trinajstić information content (AvgIpc) is 3.10. The number of ether oxygens (including phenoxy) is 1. The Morgan fingerprint density at radius 2 is 2.17 bits per heavy atom. The molecule has 0 spiro atoms. The highest BCUT2D eigenvalue weighted by molar-refractivity contribution is 6.30. The third-order valence-corrected chi connectivity index (χ3v) is 4.52. The highest BCUT2D eigenvalue weighted by atomic mass is 35.5. The van der Waals surface area contributed by atoms with E-state index in [2.05, 4.69) is 25.8 Å². The number of hydrogen-bond acceptors (Lipinski definition) is 6. The van der Waals surface area contributed by atoms with Gasteiger partial charge in [-0.25, -0.2) is 4.79 Å². The summed E-state index contributed by atoms with van der Waals surface area (Å²) in [6, 6.07) is 7.43. The Morgan fingerprint density at radius 1 is 1.40 bits per heavy atom. The Kier molecular flexibility index (Phi) is 6.81. The van der Waals surface area contributed by atoms with Crippen molar-refractivity contribution in [3.05, 3.63) is 35.2 Å². The zero-order valence-electron chi connectivity index (χ0n) is 17.6. The van der Waals surface area contributed by atoms with Gasteiger partial charge in [-0.1, -0.05) is 28.9 Å². The van der Waals surface area contributed by atoms with Crippen LogP contribution < -0.4 is 10.6 Å². The molecule has 2 N–H and O–H groups in total. The molecule has 30 heavy (non-hydrogen) atoms. The number of benzene rings is 1. The molecule has 10 heteroatoms. The van der Waals surface area contributed by atoms with Crippen LogP contribution in [0, 0.1) is 0 Å². The van der Waals surface area contributed by atoms with Gasteiger partial charge in [-0.15, -0.1) is 0 Å². The molecule has 1 aliphatic rings. The summed E-state index contributed by atoms with van der Waals surface area (Å²) >= 11 is 6.00. The van der Waals surface area contributed by atoms with E-state index < -0.39 is 5.60 Å². The number of aromatic nitrogens is 2. The largest absolute Gasteiger partial charge is 0.444 e. The maximum absolute atomic E-state index is 12.0. The minimum Gasteiger partial charge on any atom is -0.444 e. The number of amides is 1. The normalized spacial score (nSPS) is 15.0. The Labute approximate surface area is 180 Å². The molecule has 1 fully saturated rings. The molecule has 1 aliphatic heterocycles. The zero-order chi connectivity index (χ0) is 21.7. The van der Waals surface area contributed by atoms with E-state index in [9.17, 15) is 4.79 Å². The van der Waals surface area contributed by atoms with Gasteiger partial charge in [0.25, 0.3) is 0 Å². The van der Waals surface area contributed by atoms with Crippen molar-refractivity contribution in [3.63, 3.8) is 0 Å². The summed E-state index contributed by atoms with van der Waals surface area (Å²) < 4.78 is 10.7. The average molecular weight is 435 g/mol. The van der Waals surface area contributed by atoms with Crippen LogP contribution in [0.2, 0.25) is 5.02 Å². The molecule has 0 radical (unpaired) electrons. The topological polar surface area (TPSA) is 105 Å². The highest BCUT2D eigenvalue weighted by Crippen LogP contribution is 2.20. The standard InChI is InChI=1S/C20H27ClN6O3/c1-20(2,3)29-19(28)27-11-15(12-27)24-18(22-4)23-9-8-16-25-17(26-30-16)13-6-5-7-14(21)10-13/h5-7,10,15H,8-9,11-12H2,1-4H3,(H2,22,23,24). The van der Waals surface area contributed by atoms with E-state index in [0.29, 0.717) is 48.8 Å². The minimum absolute atomic E-state index is 0.126. The van der Waals surface area contributed by atoms with Crippen molar-refractivity contribution in [1.82, 2.24) is 25.7 Å². The number of aliphatic imine (C=N–C) groups is 1. The minimum atomic E-state index is -0.491. The molecule has 3 rings (SSSR count). The first kappa shape index (κ1) is 21.9. The lowest BCUT2D eigenvalue weighted by Crippen LogP contribution is -2.63. The molecule has 1 aromatic carbocycles. The number of halogens is 1. The van der Waals surface area contributed by atoms with Crippen molar-refractivity contribution < 1.29 is 14.1 Å². The first-order chi connectivity index (χ1) is 14.2. The summed E-state index contributed by atoms with van der Waals surface area (Å²) in [7, 11) is 1.70. The molecular weight excluding hydrogens is 408 g/mol. The number of nitrogens with zero attached hydrogens (tertiary/aromatic N) is 4. The lowest BCUT2D eigenvalue weighted by atomic mass is 10.1. The third kappa shape index (κ3) is 6.09. The number of carbonyl (C=O) groups is 1. The lowest BCUT2D eigenvalue weighted by Gasteiger charge is -2.40. The van der Waals surface area contributed by atoms with Crippen LogP contribution in [0.15, 0.2) is 33.8 Å². The molecular formula is C20H27ClN6O3. The van der Waals surface area contributed by atoms with E-state index in [1.165, 1.54) is 0 Å². The summed E-state index contributed by atoms with van der Waals surface area (Å²) in [5, 5.41) is 11.1. The predicted octanol–water partition coefficient (Wildman–Crippen LogP) is 2.72. The third-order valence-electron chi connectivity index (χ3n) is 4.28. The second kappa shape index (κ2) is 9.34. The first-order valence-corrected chi connectivity index (χ1v) is 10.1. The summed E-state index contributed by atoms with van der Waals surface area (Å²) in [6.45, 7) is 7.28. The van der Waals surface area contributed by atoms with E-state index in [1.807, 2.05) is 32.9 Å². The number of nitrogens with one attached hydrogen (secondary N) is 2. The van der Waals surface area contributed by atoms with Crippen LogP contribution in [0.4, 0.5) is 4.79 Å². The molecule has 0 atom stereocenters. The number of hydrogen-bond donors (Lipinski definition) is 2. The SMILES string of the molecule is CN=C(NCCc1nc(-c2cccc(Cl)c2)no1)NC1CN(C(=O)OC(C)(C)C)C1. The van der Waals surface area contributed by atoms with Gasteiger partial charge >= 0.3 is 6.09 Å². The molecule has 0 bridgehead atoms. The summed E-state index contributed by atoms with van der Waals surface area (Å²) in [5.41, 5.74) is 0.316. The smallest absolute Gasteiger partial charge is 0.410 e. The van der Waals surface area contributed by atoms with Gasteiger partial charge in [0.2, 0.25) is 11.7 Å². The monoisotopic (exact) mass is 434 g/mol. The second-order valence-corrected chi connectivity index (χ2v) is 8.43. The van der Waals surface area contributed by atoms with Gasteiger partial charge in [-0.05, 0) is 32.9 Å². The quantitative estimate of drug-likeness (QED) is 0.550. The second-order valence-electron chi connectivity index (χ2n) is 8.00. The van der Waals surface area contributed by atoms with Crippen molar-refractivity contribution in [2.45, 2.75) is 38.8 Å². The van der Waals surface area contributed by atoms with Crippen molar-refractivity contribution >= 4 is 23.7 Å². The number of rotatable bonds is 5. The molecule has 0 saturated carbocycles. The fraction of sp³-hybridized carbons (Fsp3) is 0.500. The van der Waals surface area contributed by atoms with Crippen LogP contribution >= 0.6 is 11.6 Å². The Bertz CT molecular complexity index is 902. The molecule has 1 saturated heterocycles. The van der Waals surface area contributed by atoms with Gasteiger partial charge in [0.15, 0.2) is 5.96 Å². The highest BCUT2D eigenvalue weighted by Gasteiger charge is 2.34. The van der Waals surface area contributed by atoms with Crippen LogP contribution in [-0.2, 0) is 11.2 Å². The van der Waals surface area contributed by atoms with Crippen LogP contribution in [0.3, 0.4) is 0 Å². The van der Waals surface area contributed by atoms with Crippen molar-refractivity contribution in [3.8, 4) is 11.4 Å². The van der Waals surface area contributed by atoms with Gasteiger partial charge in [0.05, 0.1) is 6.04 Å². The van der Waals surface area contributed by atoms with Crippen LogP contribution in [-0.4, -0.2) is 65.4 Å². The van der Waals surface area contributed by atoms with E-state index >= 15 is 0 Å². The summed E-state index contributed by atoms with van der Waals surface area (Å²) in [4.78, 5) is 22.3. The molecule has 9 nitrogen and oxygen atoms in total. The molecule has 2 aromatic rings. The fourth-order valence-electron chi connectivity index (χ4n) is 2.82. The Morgan fingerprint density at radius 3 is 2.83 bits per heavy atom. The first-order valence-electron chi connectivity index (χ1n) is 9.77. The maximum atomic E-state index is 12.0. The van der Waals surface area contributed by atoms with Gasteiger partial charge in [0.1, 0.15) is 5.60 Å². The van der Waals surface area contributed by atoms with Crippen molar-refractivity contribution in [2.75, 3.05) is 26.7 Å². The molecule has 2 heterocycles. The van der Waals surface area contributed by atoms with E-state index in [0.717, 1.165) is 5.56 Å². The summed E-state index contributed by atoms with van der Waals surface area (Å²) in [6.07, 6.45) is 0.249. The molecule has 0 unspecified atom stereocenters. The number of likely N-dealkylation sites (tertiary alicyclic amines) is 1. The van der Waals surface area contributed by atoms with Gasteiger partial charge < -0.3 is 24.8 Å². The molecule has 162 valence electrons. The molecule has 0 aliphatic carbocycles. The van der Waals surface area contributed by atoms with Crippen LogP contribution in [0.1, 0.15) is 26.7 Å². The van der Waals surface area contributed by atoms with E-state index in [-0.39, 0.29) is 12.1 Å². The fourth-order valence-corrected chi connectivity index (χ4v) is 3.01. The van der Waals surface area contributed by atoms with Gasteiger partial charge in [0, 0.05) is 43.7 Å². The van der Waals surface area contributed by atoms with Gasteiger partial charge in [-0.2, -0.15) is 4.98 Å². The van der Waals surface area contributed by atoms with Crippen molar-refractivity contribution in [1.29, 1.82) is 0 Å². The van der Waals surface area contributed by atoms with E-state index in [1.54, 1.807) is 24.1 Å². The van der Waals surface area contributed by atoms with Gasteiger partial charge in [-0.3, -0.25) is 4.99 Å². The molecule has 1 amide bonds. The zero-order valence-corrected chi connectivity index (χ0v) is 18.4.